The number of carboxylic acids is 2. The van der Waals surface area contributed by atoms with E-state index in [4.69, 9.17) is 31.0 Å². The van der Waals surface area contributed by atoms with E-state index in [-0.39, 0.29) is 18.0 Å². The molecule has 1 aromatic carbocycles. The molecule has 6 N–H and O–H groups in total. The maximum atomic E-state index is 12.5. The number of nitrogens with zero attached hydrogens (tertiary/aromatic N) is 2. The van der Waals surface area contributed by atoms with Crippen LogP contribution in [0.1, 0.15) is 30.7 Å². The highest BCUT2D eigenvalue weighted by Crippen LogP contribution is 2.21. The summed E-state index contributed by atoms with van der Waals surface area (Å²) in [5.74, 6) is -4.86. The molecule has 0 aliphatic heterocycles. The third-order valence-corrected chi connectivity index (χ3v) is 4.21. The topological polar surface area (TPSA) is 190 Å². The number of Topliss-reactive ketones (excluding diaryl/α,β-unsaturated/α-hetero) is 1. The van der Waals surface area contributed by atoms with Gasteiger partial charge in [0.2, 0.25) is 5.91 Å². The maximum Gasteiger partial charge on any atom is 0.490 e. The van der Waals surface area contributed by atoms with Crippen LogP contribution in [0.2, 0.25) is 0 Å². The summed E-state index contributed by atoms with van der Waals surface area (Å²) in [7, 11) is 0. The second-order valence-corrected chi connectivity index (χ2v) is 6.79. The average Bonchev–Trinajstić information content (AvgIpc) is 3.26. The van der Waals surface area contributed by atoms with Crippen LogP contribution in [-0.4, -0.2) is 57.8 Å². The lowest BCUT2D eigenvalue weighted by Crippen LogP contribution is -2.39. The predicted molar refractivity (Wildman–Crippen MR) is 111 cm³/mol. The van der Waals surface area contributed by atoms with E-state index in [1.807, 2.05) is 30.3 Å². The SMILES string of the molecule is CCC(=O)N(CC(=O)O)c1cc(C(N)C(=O)[C@@H](N)Cc2ccccc2)on1.O=C(O)C(F)(F)F. The molecule has 0 bridgehead atoms. The Hall–Kier alpha value is -3.78. The van der Waals surface area contributed by atoms with Crippen LogP contribution in [-0.2, 0) is 25.6 Å². The molecule has 1 unspecified atom stereocenters. The zero-order valence-corrected chi connectivity index (χ0v) is 17.9. The van der Waals surface area contributed by atoms with Gasteiger partial charge in [-0.15, -0.1) is 0 Å². The van der Waals surface area contributed by atoms with Crippen LogP contribution in [0.5, 0.6) is 0 Å². The molecular formula is C20H23F3N4O7. The fourth-order valence-electron chi connectivity index (χ4n) is 2.52. The van der Waals surface area contributed by atoms with Gasteiger partial charge in [0, 0.05) is 12.5 Å². The first-order valence-electron chi connectivity index (χ1n) is 9.65. The van der Waals surface area contributed by atoms with Crippen LogP contribution < -0.4 is 16.4 Å². The van der Waals surface area contributed by atoms with Crippen molar-refractivity contribution in [3.8, 4) is 0 Å². The third-order valence-electron chi connectivity index (χ3n) is 4.21. The molecule has 0 saturated heterocycles. The number of carbonyl (C=O) groups is 4. The molecule has 0 radical (unpaired) electrons. The molecule has 11 nitrogen and oxygen atoms in total. The van der Waals surface area contributed by atoms with Crippen LogP contribution >= 0.6 is 0 Å². The lowest BCUT2D eigenvalue weighted by molar-refractivity contribution is -0.192. The van der Waals surface area contributed by atoms with Crippen molar-refractivity contribution in [2.75, 3.05) is 11.4 Å². The molecule has 2 aromatic rings. The summed E-state index contributed by atoms with van der Waals surface area (Å²) in [5, 5.41) is 19.8. The minimum Gasteiger partial charge on any atom is -0.480 e. The summed E-state index contributed by atoms with van der Waals surface area (Å²) < 4.78 is 36.8. The monoisotopic (exact) mass is 488 g/mol. The number of aromatic nitrogens is 1. The summed E-state index contributed by atoms with van der Waals surface area (Å²) in [6, 6.07) is 8.52. The fourth-order valence-corrected chi connectivity index (χ4v) is 2.52. The molecule has 0 saturated carbocycles. The summed E-state index contributed by atoms with van der Waals surface area (Å²) in [5.41, 5.74) is 12.8. The van der Waals surface area contributed by atoms with Crippen LogP contribution in [0.15, 0.2) is 40.9 Å². The molecule has 0 fully saturated rings. The molecule has 1 heterocycles. The Bertz CT molecular complexity index is 996. The Kier molecular flexibility index (Phi) is 10.4. The van der Waals surface area contributed by atoms with Crippen LogP contribution in [0.4, 0.5) is 19.0 Å². The number of alkyl halides is 3. The van der Waals surface area contributed by atoms with Crippen molar-refractivity contribution in [1.82, 2.24) is 5.16 Å². The smallest absolute Gasteiger partial charge is 0.480 e. The largest absolute Gasteiger partial charge is 0.490 e. The lowest BCUT2D eigenvalue weighted by Gasteiger charge is -2.16. The summed E-state index contributed by atoms with van der Waals surface area (Å²) in [4.78, 5) is 45.2. The van der Waals surface area contributed by atoms with E-state index >= 15 is 0 Å². The molecule has 2 atom stereocenters. The van der Waals surface area contributed by atoms with Gasteiger partial charge in [0.05, 0.1) is 6.04 Å². The summed E-state index contributed by atoms with van der Waals surface area (Å²) >= 11 is 0. The van der Waals surface area contributed by atoms with E-state index in [0.29, 0.717) is 6.42 Å². The highest BCUT2D eigenvalue weighted by molar-refractivity contribution is 5.96. The zero-order chi connectivity index (χ0) is 26.1. The van der Waals surface area contributed by atoms with Crippen molar-refractivity contribution < 1.29 is 47.1 Å². The summed E-state index contributed by atoms with van der Waals surface area (Å²) in [6.07, 6.45) is -4.68. The van der Waals surface area contributed by atoms with Gasteiger partial charge in [-0.05, 0) is 12.0 Å². The molecule has 0 spiro atoms. The number of ketones is 1. The van der Waals surface area contributed by atoms with Gasteiger partial charge in [0.1, 0.15) is 12.6 Å². The Balaban J connectivity index is 0.000000718. The first kappa shape index (κ1) is 28.3. The van der Waals surface area contributed by atoms with E-state index in [1.54, 1.807) is 6.92 Å². The van der Waals surface area contributed by atoms with Gasteiger partial charge in [0.25, 0.3) is 0 Å². The number of rotatable bonds is 9. The molecule has 34 heavy (non-hydrogen) atoms. The van der Waals surface area contributed by atoms with Gasteiger partial charge in [-0.2, -0.15) is 13.2 Å². The minimum atomic E-state index is -5.08. The quantitative estimate of drug-likeness (QED) is 0.400. The van der Waals surface area contributed by atoms with Gasteiger partial charge in [-0.25, -0.2) is 4.79 Å². The van der Waals surface area contributed by atoms with Crippen molar-refractivity contribution in [2.24, 2.45) is 11.5 Å². The highest BCUT2D eigenvalue weighted by Gasteiger charge is 2.38. The van der Waals surface area contributed by atoms with Gasteiger partial charge < -0.3 is 26.2 Å². The fraction of sp³-hybridized carbons (Fsp3) is 0.350. The normalized spacial score (nSPS) is 12.6. The third kappa shape index (κ3) is 8.63. The first-order valence-corrected chi connectivity index (χ1v) is 9.65. The number of benzene rings is 1. The predicted octanol–water partition coefficient (Wildman–Crippen LogP) is 1.27. The van der Waals surface area contributed by atoms with Gasteiger partial charge in [-0.1, -0.05) is 42.4 Å². The number of anilines is 1. The van der Waals surface area contributed by atoms with E-state index in [2.05, 4.69) is 5.16 Å². The maximum absolute atomic E-state index is 12.5. The molecule has 0 aliphatic rings. The van der Waals surface area contributed by atoms with Crippen LogP contribution in [0.25, 0.3) is 0 Å². The second-order valence-electron chi connectivity index (χ2n) is 6.79. The molecular weight excluding hydrogens is 465 g/mol. The number of carbonyl (C=O) groups excluding carboxylic acids is 2. The van der Waals surface area contributed by atoms with Crippen molar-refractivity contribution in [3.63, 3.8) is 0 Å². The molecule has 1 amide bonds. The van der Waals surface area contributed by atoms with Gasteiger partial charge in [-0.3, -0.25) is 19.3 Å². The van der Waals surface area contributed by atoms with Crippen LogP contribution in [0.3, 0.4) is 0 Å². The number of nitrogens with two attached hydrogens (primary N) is 2. The van der Waals surface area contributed by atoms with Crippen molar-refractivity contribution in [2.45, 2.75) is 38.0 Å². The number of hydrogen-bond donors (Lipinski definition) is 4. The van der Waals surface area contributed by atoms with E-state index in [1.165, 1.54) is 6.07 Å². The zero-order valence-electron chi connectivity index (χ0n) is 17.9. The average molecular weight is 488 g/mol. The van der Waals surface area contributed by atoms with E-state index in [0.717, 1.165) is 10.5 Å². The molecule has 1 aromatic heterocycles. The van der Waals surface area contributed by atoms with Crippen LogP contribution in [0, 0.1) is 0 Å². The van der Waals surface area contributed by atoms with Crippen molar-refractivity contribution in [3.05, 3.63) is 47.7 Å². The molecule has 14 heteroatoms. The Morgan fingerprint density at radius 1 is 1.12 bits per heavy atom. The second kappa shape index (κ2) is 12.5. The molecule has 186 valence electrons. The van der Waals surface area contributed by atoms with Crippen molar-refractivity contribution in [1.29, 1.82) is 0 Å². The van der Waals surface area contributed by atoms with Crippen molar-refractivity contribution >= 4 is 29.4 Å². The first-order chi connectivity index (χ1) is 15.8. The van der Waals surface area contributed by atoms with Gasteiger partial charge in [0.15, 0.2) is 17.4 Å². The Morgan fingerprint density at radius 3 is 2.15 bits per heavy atom. The number of carboxylic acid groups (broad SMARTS) is 2. The lowest BCUT2D eigenvalue weighted by atomic mass is 9.98. The van der Waals surface area contributed by atoms with E-state index < -0.39 is 48.4 Å². The minimum absolute atomic E-state index is 0.0119. The molecule has 0 aliphatic carbocycles. The number of aliphatic carboxylic acids is 2. The number of amides is 1. The van der Waals surface area contributed by atoms with E-state index in [9.17, 15) is 27.6 Å². The highest BCUT2D eigenvalue weighted by atomic mass is 19.4. The Morgan fingerprint density at radius 2 is 1.68 bits per heavy atom. The summed E-state index contributed by atoms with van der Waals surface area (Å²) in [6.45, 7) is 1.02. The number of hydrogen-bond acceptors (Lipinski definition) is 8. The standard InChI is InChI=1S/C18H22N4O5.C2HF3O2/c1-2-15(23)22(10-16(24)25)14-9-13(27-21-14)17(20)18(26)12(19)8-11-6-4-3-5-7-11;3-2(4,5)1(6)7/h3-7,9,12,17H,2,8,10,19-20H2,1H3,(H,24,25);(H,6,7)/t12-,17?;/m0./s1. The molecule has 2 rings (SSSR count). The Labute approximate surface area is 191 Å². The number of halogens is 3. The van der Waals surface area contributed by atoms with Gasteiger partial charge >= 0.3 is 18.1 Å².